The Kier molecular flexibility index (Phi) is 20.0. The van der Waals surface area contributed by atoms with Crippen LogP contribution in [0.3, 0.4) is 0 Å². The van der Waals surface area contributed by atoms with Gasteiger partial charge < -0.3 is 49.3 Å². The van der Waals surface area contributed by atoms with Crippen molar-refractivity contribution in [3.05, 3.63) is 42.0 Å². The lowest BCUT2D eigenvalue weighted by Gasteiger charge is -2.30. The van der Waals surface area contributed by atoms with Gasteiger partial charge in [0, 0.05) is 12.6 Å². The van der Waals surface area contributed by atoms with Crippen molar-refractivity contribution < 1.29 is 66.3 Å². The number of aryl methyl sites for hydroxylation is 1. The second kappa shape index (κ2) is 24.4. The van der Waals surface area contributed by atoms with Gasteiger partial charge in [-0.25, -0.2) is 18.0 Å². The van der Waals surface area contributed by atoms with Crippen LogP contribution in [0.25, 0.3) is 0 Å². The number of hydrogen-bond donors (Lipinski definition) is 5. The molecule has 19 heteroatoms. The lowest BCUT2D eigenvalue weighted by molar-refractivity contribution is -0.145. The molecule has 0 aromatic heterocycles. The molecule has 2 heterocycles. The molecular formula is C45H72N4O14S. The monoisotopic (exact) mass is 924 g/mol. The maximum atomic E-state index is 13.5. The van der Waals surface area contributed by atoms with Gasteiger partial charge in [-0.1, -0.05) is 50.1 Å². The van der Waals surface area contributed by atoms with Gasteiger partial charge >= 0.3 is 12.2 Å². The molecule has 0 radical (unpaired) electrons. The zero-order valence-corrected chi connectivity index (χ0v) is 39.8. The number of carbonyl (C=O) groups is 2. The molecule has 18 nitrogen and oxygen atoms in total. The molecule has 5 N–H and O–H groups in total. The van der Waals surface area contributed by atoms with E-state index in [-0.39, 0.29) is 43.0 Å². The van der Waals surface area contributed by atoms with Crippen LogP contribution in [0.2, 0.25) is 0 Å². The minimum Gasteiger partial charge on any atom is -0.454 e. The molecule has 2 aliphatic carbocycles. The number of benzene rings is 2. The maximum absolute atomic E-state index is 13.5. The number of alkyl carbamates (subject to hydrolysis) is 2. The number of sulfonamides is 1. The summed E-state index contributed by atoms with van der Waals surface area (Å²) in [6.07, 6.45) is 5.71. The summed E-state index contributed by atoms with van der Waals surface area (Å²) in [7, 11) is -4.13. The molecule has 0 bridgehead atoms. The number of hydroxylamine groups is 2. The van der Waals surface area contributed by atoms with Crippen LogP contribution >= 0.6 is 0 Å². The molecule has 4 aliphatic rings. The second-order valence-electron chi connectivity index (χ2n) is 18.2. The van der Waals surface area contributed by atoms with E-state index in [2.05, 4.69) is 16.1 Å². The molecule has 362 valence electrons. The minimum absolute atomic E-state index is 0.0222. The molecule has 2 aliphatic heterocycles. The van der Waals surface area contributed by atoms with Gasteiger partial charge in [0.2, 0.25) is 13.6 Å². The van der Waals surface area contributed by atoms with Crippen LogP contribution < -0.4 is 35.1 Å². The van der Waals surface area contributed by atoms with Gasteiger partial charge in [-0.15, -0.1) is 0 Å². The highest BCUT2D eigenvalue weighted by atomic mass is 32.2. The Balaban J connectivity index is 0.000000244. The van der Waals surface area contributed by atoms with Crippen molar-refractivity contribution in [1.82, 2.24) is 20.6 Å². The summed E-state index contributed by atoms with van der Waals surface area (Å²) < 4.78 is 59.1. The Morgan fingerprint density at radius 2 is 1.19 bits per heavy atom. The zero-order chi connectivity index (χ0) is 47.1. The van der Waals surface area contributed by atoms with Crippen molar-refractivity contribution in [1.29, 1.82) is 0 Å². The summed E-state index contributed by atoms with van der Waals surface area (Å²) >= 11 is 0. The second-order valence-corrected chi connectivity index (χ2v) is 20.0. The average Bonchev–Trinajstić information content (AvgIpc) is 4.06. The Hall–Kier alpha value is -4.11. The first kappa shape index (κ1) is 52.5. The normalized spacial score (nSPS) is 17.9. The molecular weight excluding hydrogens is 853 g/mol. The van der Waals surface area contributed by atoms with Gasteiger partial charge in [0.25, 0.3) is 10.0 Å². The molecule has 2 aromatic carbocycles. The highest BCUT2D eigenvalue weighted by Crippen LogP contribution is 2.36. The smallest absolute Gasteiger partial charge is 0.407 e. The van der Waals surface area contributed by atoms with Crippen LogP contribution in [0, 0.1) is 6.92 Å². The molecule has 0 unspecified atom stereocenters. The van der Waals surface area contributed by atoms with Gasteiger partial charge in [-0.2, -0.15) is 5.48 Å². The molecule has 2 aromatic rings. The predicted molar refractivity (Wildman–Crippen MR) is 237 cm³/mol. The van der Waals surface area contributed by atoms with Crippen LogP contribution in [0.4, 0.5) is 9.59 Å². The number of aliphatic hydroxyl groups is 2. The number of fused-ring (bicyclic) bond motifs is 2. The third-order valence-electron chi connectivity index (χ3n) is 10.4. The molecule has 64 heavy (non-hydrogen) atoms. The fourth-order valence-corrected chi connectivity index (χ4v) is 8.37. The SMILES string of the molecule is CC[C@H](NC(=O)OC(C)(C)C)[C@H](O)CN(OC1CCCC1)S(=O)(=O)c1ccc2c(c1)OCO2.CC[C@H](NC(=O)OC(C)(C)C)[C@H](O)CNOC1CCCC1.Cc1ccc2c(c1)OCO2. The lowest BCUT2D eigenvalue weighted by atomic mass is 10.1. The summed E-state index contributed by atoms with van der Waals surface area (Å²) in [6, 6.07) is 9.13. The molecule has 2 fully saturated rings. The maximum Gasteiger partial charge on any atom is 0.407 e. The van der Waals surface area contributed by atoms with Gasteiger partial charge in [-0.05, 0) is 117 Å². The van der Waals surface area contributed by atoms with E-state index in [1.165, 1.54) is 36.6 Å². The van der Waals surface area contributed by atoms with E-state index in [0.717, 1.165) is 54.5 Å². The number of rotatable bonds is 16. The Morgan fingerprint density at radius 3 is 1.70 bits per heavy atom. The van der Waals surface area contributed by atoms with Crippen molar-refractivity contribution in [2.45, 2.75) is 179 Å². The van der Waals surface area contributed by atoms with Gasteiger partial charge in [0.05, 0.1) is 47.9 Å². The van der Waals surface area contributed by atoms with Crippen LogP contribution in [-0.2, 0) is 29.2 Å². The standard InChI is InChI=1S/C22H34N2O8S.C15H30N2O4.C8H8O2/c1-5-17(23-21(26)31-22(2,3)4)18(25)13-24(32-15-8-6-7-9-15)33(27,28)16-10-11-19-20(12-16)30-14-29-19;1-5-12(17-14(19)20-15(2,3)4)13(18)10-16-21-11-8-6-7-9-11;1-6-2-3-7-8(4-6)10-5-9-7/h10-12,15,17-18,25H,5-9,13-14H2,1-4H3,(H,23,26);11-13,16,18H,5-10H2,1-4H3,(H,17,19);2-4H,5H2,1H3/t17-,18+;12-,13+;/m00./s1. The highest BCUT2D eigenvalue weighted by molar-refractivity contribution is 7.89. The van der Waals surface area contributed by atoms with E-state index in [9.17, 15) is 28.2 Å². The van der Waals surface area contributed by atoms with Crippen molar-refractivity contribution >= 4 is 22.2 Å². The molecule has 2 saturated carbocycles. The Morgan fingerprint density at radius 1 is 0.719 bits per heavy atom. The van der Waals surface area contributed by atoms with Crippen LogP contribution in [0.1, 0.15) is 125 Å². The summed E-state index contributed by atoms with van der Waals surface area (Å²) in [5.41, 5.74) is 2.77. The van der Waals surface area contributed by atoms with Gasteiger partial charge in [-0.3, -0.25) is 9.68 Å². The zero-order valence-electron chi connectivity index (χ0n) is 39.0. The Bertz CT molecular complexity index is 1880. The predicted octanol–water partition coefficient (Wildman–Crippen LogP) is 6.78. The van der Waals surface area contributed by atoms with E-state index in [0.29, 0.717) is 31.1 Å². The van der Waals surface area contributed by atoms with E-state index in [4.69, 9.17) is 38.1 Å². The average molecular weight is 925 g/mol. The molecule has 0 spiro atoms. The fraction of sp³-hybridized carbons (Fsp3) is 0.689. The van der Waals surface area contributed by atoms with Gasteiger partial charge in [0.15, 0.2) is 23.0 Å². The number of amides is 2. The third kappa shape index (κ3) is 17.4. The van der Waals surface area contributed by atoms with E-state index in [1.54, 1.807) is 48.5 Å². The summed E-state index contributed by atoms with van der Waals surface area (Å²) in [4.78, 5) is 35.2. The number of carbonyl (C=O) groups excluding carboxylic acids is 2. The van der Waals surface area contributed by atoms with Crippen molar-refractivity contribution in [2.24, 2.45) is 0 Å². The first-order valence-electron chi connectivity index (χ1n) is 22.4. The van der Waals surface area contributed by atoms with E-state index >= 15 is 0 Å². The van der Waals surface area contributed by atoms with Crippen molar-refractivity contribution in [3.63, 3.8) is 0 Å². The van der Waals surface area contributed by atoms with E-state index < -0.39 is 51.7 Å². The number of nitrogens with one attached hydrogen (secondary N) is 3. The van der Waals surface area contributed by atoms with Crippen molar-refractivity contribution in [2.75, 3.05) is 26.7 Å². The quantitative estimate of drug-likeness (QED) is 0.110. The number of aliphatic hydroxyl groups excluding tert-OH is 2. The number of ether oxygens (including phenoxy) is 6. The number of hydrogen-bond acceptors (Lipinski definition) is 15. The van der Waals surface area contributed by atoms with E-state index in [1.807, 2.05) is 32.0 Å². The van der Waals surface area contributed by atoms with Gasteiger partial charge in [0.1, 0.15) is 11.2 Å². The fourth-order valence-electron chi connectivity index (χ4n) is 7.05. The number of nitrogens with zero attached hydrogens (tertiary/aromatic N) is 1. The first-order valence-corrected chi connectivity index (χ1v) is 23.8. The lowest BCUT2D eigenvalue weighted by Crippen LogP contribution is -2.50. The largest absolute Gasteiger partial charge is 0.454 e. The van der Waals surface area contributed by atoms with Crippen LogP contribution in [-0.4, -0.2) is 110 Å². The molecule has 4 atom stereocenters. The topological polar surface area (TPSA) is 222 Å². The van der Waals surface area contributed by atoms with Crippen molar-refractivity contribution in [3.8, 4) is 23.0 Å². The summed E-state index contributed by atoms with van der Waals surface area (Å²) in [5.74, 6) is 2.51. The Labute approximate surface area is 378 Å². The van der Waals surface area contributed by atoms with Crippen LogP contribution in [0.15, 0.2) is 41.3 Å². The highest BCUT2D eigenvalue weighted by Gasteiger charge is 2.35. The summed E-state index contributed by atoms with van der Waals surface area (Å²) in [6.45, 7) is 16.6. The molecule has 6 rings (SSSR count). The molecule has 0 saturated heterocycles. The molecule has 2 amide bonds. The minimum atomic E-state index is -4.13. The third-order valence-corrected chi connectivity index (χ3v) is 12.0. The van der Waals surface area contributed by atoms with Crippen LogP contribution in [0.5, 0.6) is 23.0 Å². The summed E-state index contributed by atoms with van der Waals surface area (Å²) in [5, 5.41) is 26.3. The first-order chi connectivity index (χ1) is 30.2.